The number of fused-ring (bicyclic) bond motifs is 1. The first-order valence-corrected chi connectivity index (χ1v) is 9.77. The first kappa shape index (κ1) is 20.3. The summed E-state index contributed by atoms with van der Waals surface area (Å²) < 4.78 is 22.3. The van der Waals surface area contributed by atoms with E-state index < -0.39 is 0 Å². The number of furan rings is 1. The number of hydrogen-bond donors (Lipinski definition) is 1. The zero-order valence-corrected chi connectivity index (χ0v) is 17.1. The SMILES string of the molecule is Cc1oc2cc(OCC(=O)NC(C)c3ccco3)ccc2c(=O)c1Oc1ccccc1. The molecule has 2 heterocycles. The normalized spacial score (nSPS) is 11.8. The second kappa shape index (κ2) is 8.79. The summed E-state index contributed by atoms with van der Waals surface area (Å²) in [5.74, 6) is 1.81. The quantitative estimate of drug-likeness (QED) is 0.465. The first-order valence-electron chi connectivity index (χ1n) is 9.77. The molecule has 0 fully saturated rings. The minimum Gasteiger partial charge on any atom is -0.484 e. The Balaban J connectivity index is 1.47. The van der Waals surface area contributed by atoms with Crippen molar-refractivity contribution in [2.45, 2.75) is 19.9 Å². The van der Waals surface area contributed by atoms with Gasteiger partial charge in [-0.2, -0.15) is 0 Å². The highest BCUT2D eigenvalue weighted by Gasteiger charge is 2.16. The Kier molecular flexibility index (Phi) is 5.75. The molecule has 2 aromatic heterocycles. The number of para-hydroxylation sites is 1. The van der Waals surface area contributed by atoms with Crippen molar-refractivity contribution in [1.29, 1.82) is 0 Å². The summed E-state index contributed by atoms with van der Waals surface area (Å²) in [7, 11) is 0. The van der Waals surface area contributed by atoms with Crippen molar-refractivity contribution < 1.29 is 23.1 Å². The zero-order chi connectivity index (χ0) is 21.8. The fourth-order valence-corrected chi connectivity index (χ4v) is 3.12. The third-order valence-corrected chi connectivity index (χ3v) is 4.67. The third-order valence-electron chi connectivity index (χ3n) is 4.67. The van der Waals surface area contributed by atoms with Gasteiger partial charge in [-0.3, -0.25) is 9.59 Å². The second-order valence-electron chi connectivity index (χ2n) is 6.98. The van der Waals surface area contributed by atoms with Crippen molar-refractivity contribution in [2.75, 3.05) is 6.61 Å². The molecule has 0 aliphatic heterocycles. The molecule has 0 spiro atoms. The number of ether oxygens (including phenoxy) is 2. The minimum atomic E-state index is -0.298. The molecule has 0 radical (unpaired) electrons. The minimum absolute atomic E-state index is 0.138. The summed E-state index contributed by atoms with van der Waals surface area (Å²) in [4.78, 5) is 25.0. The van der Waals surface area contributed by atoms with Crippen LogP contribution in [0.15, 0.2) is 80.6 Å². The molecule has 1 atom stereocenters. The Morgan fingerprint density at radius 2 is 1.87 bits per heavy atom. The number of aryl methyl sites for hydroxylation is 1. The lowest BCUT2D eigenvalue weighted by Gasteiger charge is -2.12. The van der Waals surface area contributed by atoms with Gasteiger partial charge < -0.3 is 23.6 Å². The van der Waals surface area contributed by atoms with E-state index in [0.717, 1.165) is 0 Å². The number of carbonyl (C=O) groups is 1. The van der Waals surface area contributed by atoms with Crippen LogP contribution >= 0.6 is 0 Å². The van der Waals surface area contributed by atoms with E-state index in [1.165, 1.54) is 0 Å². The third kappa shape index (κ3) is 4.61. The maximum absolute atomic E-state index is 12.9. The molecule has 2 aromatic carbocycles. The molecular weight excluding hydrogens is 398 g/mol. The smallest absolute Gasteiger partial charge is 0.258 e. The number of rotatable bonds is 7. The lowest BCUT2D eigenvalue weighted by Crippen LogP contribution is -2.31. The van der Waals surface area contributed by atoms with Crippen LogP contribution in [0.5, 0.6) is 17.2 Å². The van der Waals surface area contributed by atoms with Gasteiger partial charge in [-0.1, -0.05) is 18.2 Å². The lowest BCUT2D eigenvalue weighted by atomic mass is 10.2. The summed E-state index contributed by atoms with van der Waals surface area (Å²) in [5, 5.41) is 3.15. The van der Waals surface area contributed by atoms with Gasteiger partial charge in [0.15, 0.2) is 6.61 Å². The highest BCUT2D eigenvalue weighted by atomic mass is 16.5. The fraction of sp³-hybridized carbons (Fsp3) is 0.167. The largest absolute Gasteiger partial charge is 0.484 e. The zero-order valence-electron chi connectivity index (χ0n) is 17.1. The topological polar surface area (TPSA) is 90.9 Å². The van der Waals surface area contributed by atoms with E-state index in [0.29, 0.717) is 34.0 Å². The van der Waals surface area contributed by atoms with Crippen LogP contribution in [0.4, 0.5) is 0 Å². The van der Waals surface area contributed by atoms with E-state index in [-0.39, 0.29) is 29.7 Å². The Morgan fingerprint density at radius 1 is 1.06 bits per heavy atom. The Hall–Kier alpha value is -4.00. The standard InChI is InChI=1S/C24H21NO6/c1-15(20-9-6-12-28-20)25-22(26)14-29-18-10-11-19-21(13-18)30-16(2)24(23(19)27)31-17-7-4-3-5-8-17/h3-13,15H,14H2,1-2H3,(H,25,26). The van der Waals surface area contributed by atoms with E-state index in [9.17, 15) is 9.59 Å². The van der Waals surface area contributed by atoms with Crippen LogP contribution in [-0.4, -0.2) is 12.5 Å². The first-order chi connectivity index (χ1) is 15.0. The molecule has 1 unspecified atom stereocenters. The van der Waals surface area contributed by atoms with Gasteiger partial charge in [0.25, 0.3) is 5.91 Å². The van der Waals surface area contributed by atoms with Gasteiger partial charge >= 0.3 is 0 Å². The Morgan fingerprint density at radius 3 is 2.61 bits per heavy atom. The Bertz CT molecular complexity index is 1240. The summed E-state index contributed by atoms with van der Waals surface area (Å²) in [6.45, 7) is 3.30. The average Bonchev–Trinajstić information content (AvgIpc) is 3.31. The fourth-order valence-electron chi connectivity index (χ4n) is 3.12. The molecule has 31 heavy (non-hydrogen) atoms. The molecule has 7 nitrogen and oxygen atoms in total. The van der Waals surface area contributed by atoms with Crippen LogP contribution in [0.25, 0.3) is 11.0 Å². The number of nitrogens with one attached hydrogen (secondary N) is 1. The second-order valence-corrected chi connectivity index (χ2v) is 6.98. The number of benzene rings is 2. The predicted molar refractivity (Wildman–Crippen MR) is 114 cm³/mol. The van der Waals surface area contributed by atoms with Crippen LogP contribution < -0.4 is 20.2 Å². The van der Waals surface area contributed by atoms with Gasteiger partial charge in [0.05, 0.1) is 17.7 Å². The van der Waals surface area contributed by atoms with E-state index in [1.807, 2.05) is 25.1 Å². The van der Waals surface area contributed by atoms with E-state index >= 15 is 0 Å². The summed E-state index contributed by atoms with van der Waals surface area (Å²) in [6.07, 6.45) is 1.55. The van der Waals surface area contributed by atoms with Crippen molar-refractivity contribution in [3.05, 3.63) is 88.7 Å². The van der Waals surface area contributed by atoms with Crippen molar-refractivity contribution in [3.63, 3.8) is 0 Å². The van der Waals surface area contributed by atoms with Crippen LogP contribution in [0.2, 0.25) is 0 Å². The maximum atomic E-state index is 12.9. The van der Waals surface area contributed by atoms with Gasteiger partial charge in [0, 0.05) is 6.07 Å². The molecule has 0 aliphatic rings. The number of amides is 1. The highest BCUT2D eigenvalue weighted by Crippen LogP contribution is 2.27. The van der Waals surface area contributed by atoms with E-state index in [1.54, 1.807) is 55.7 Å². The van der Waals surface area contributed by atoms with Gasteiger partial charge in [-0.25, -0.2) is 0 Å². The van der Waals surface area contributed by atoms with Crippen LogP contribution in [0.3, 0.4) is 0 Å². The predicted octanol–water partition coefficient (Wildman–Crippen LogP) is 4.74. The summed E-state index contributed by atoms with van der Waals surface area (Å²) in [5.41, 5.74) is 0.0731. The van der Waals surface area contributed by atoms with Crippen molar-refractivity contribution in [2.24, 2.45) is 0 Å². The molecule has 0 saturated carbocycles. The maximum Gasteiger partial charge on any atom is 0.258 e. The molecule has 1 amide bonds. The summed E-state index contributed by atoms with van der Waals surface area (Å²) >= 11 is 0. The molecule has 1 N–H and O–H groups in total. The van der Waals surface area contributed by atoms with Gasteiger partial charge in [0.2, 0.25) is 11.2 Å². The molecular formula is C24H21NO6. The molecule has 4 aromatic rings. The van der Waals surface area contributed by atoms with E-state index in [4.69, 9.17) is 18.3 Å². The van der Waals surface area contributed by atoms with Gasteiger partial charge in [0.1, 0.15) is 28.6 Å². The monoisotopic (exact) mass is 419 g/mol. The van der Waals surface area contributed by atoms with Crippen molar-refractivity contribution >= 4 is 16.9 Å². The molecule has 7 heteroatoms. The van der Waals surface area contributed by atoms with Crippen LogP contribution in [-0.2, 0) is 4.79 Å². The molecule has 4 rings (SSSR count). The number of carbonyl (C=O) groups excluding carboxylic acids is 1. The molecule has 158 valence electrons. The number of hydrogen-bond acceptors (Lipinski definition) is 6. The molecule has 0 bridgehead atoms. The van der Waals surface area contributed by atoms with Crippen molar-refractivity contribution in [3.8, 4) is 17.2 Å². The van der Waals surface area contributed by atoms with Crippen molar-refractivity contribution in [1.82, 2.24) is 5.32 Å². The highest BCUT2D eigenvalue weighted by molar-refractivity contribution is 5.80. The Labute approximate surface area is 178 Å². The van der Waals surface area contributed by atoms with E-state index in [2.05, 4.69) is 5.32 Å². The molecule has 0 aliphatic carbocycles. The van der Waals surface area contributed by atoms with Crippen LogP contribution in [0.1, 0.15) is 24.5 Å². The van der Waals surface area contributed by atoms with Gasteiger partial charge in [-0.05, 0) is 50.2 Å². The van der Waals surface area contributed by atoms with Gasteiger partial charge in [-0.15, -0.1) is 0 Å². The lowest BCUT2D eigenvalue weighted by molar-refractivity contribution is -0.123. The molecule has 0 saturated heterocycles. The average molecular weight is 419 g/mol. The summed E-state index contributed by atoms with van der Waals surface area (Å²) in [6, 6.07) is 17.1. The van der Waals surface area contributed by atoms with Crippen LogP contribution in [0, 0.1) is 6.92 Å².